The van der Waals surface area contributed by atoms with E-state index >= 15 is 0 Å². The van der Waals surface area contributed by atoms with Gasteiger partial charge in [-0.3, -0.25) is 0 Å². The average molecular weight is 454 g/mol. The molecule has 0 amide bonds. The van der Waals surface area contributed by atoms with Gasteiger partial charge in [0.1, 0.15) is 18.5 Å². The lowest BCUT2D eigenvalue weighted by Gasteiger charge is -2.34. The molecular weight excluding hydrogens is 430 g/mol. The maximum absolute atomic E-state index is 10.7. The molecule has 3 aromatic rings. The molecule has 0 saturated carbocycles. The van der Waals surface area contributed by atoms with Gasteiger partial charge in [0.05, 0.1) is 18.3 Å². The van der Waals surface area contributed by atoms with Gasteiger partial charge in [-0.05, 0) is 41.3 Å². The molecule has 3 aromatic carbocycles. The minimum Gasteiger partial charge on any atom is -0.487 e. The van der Waals surface area contributed by atoms with E-state index in [0.717, 1.165) is 40.0 Å². The van der Waals surface area contributed by atoms with E-state index in [9.17, 15) is 10.2 Å². The number of hydrogen-bond acceptors (Lipinski definition) is 4. The molecule has 5 heteroatoms. The fraction of sp³-hybridized carbons (Fsp3) is 0.250. The number of rotatable bonds is 7. The highest BCUT2D eigenvalue weighted by Crippen LogP contribution is 2.43. The molecule has 0 fully saturated rings. The third-order valence-corrected chi connectivity index (χ3v) is 5.80. The number of benzene rings is 3. The molecule has 0 aliphatic carbocycles. The minimum absolute atomic E-state index is 0.309. The summed E-state index contributed by atoms with van der Waals surface area (Å²) in [5.74, 6) is 0.800. The Balaban J connectivity index is 1.68. The summed E-state index contributed by atoms with van der Waals surface area (Å²) >= 11 is 3.52. The van der Waals surface area contributed by atoms with Crippen molar-refractivity contribution in [3.63, 3.8) is 0 Å². The zero-order valence-corrected chi connectivity index (χ0v) is 17.6. The molecule has 0 radical (unpaired) electrons. The first-order valence-corrected chi connectivity index (χ1v) is 10.6. The van der Waals surface area contributed by atoms with Crippen LogP contribution in [0.1, 0.15) is 22.7 Å². The molecule has 0 bridgehead atoms. The Morgan fingerprint density at radius 3 is 2.55 bits per heavy atom. The van der Waals surface area contributed by atoms with Crippen molar-refractivity contribution in [2.24, 2.45) is 0 Å². The monoisotopic (exact) mass is 453 g/mol. The quantitative estimate of drug-likeness (QED) is 0.553. The van der Waals surface area contributed by atoms with Crippen molar-refractivity contribution in [2.75, 3.05) is 18.1 Å². The van der Waals surface area contributed by atoms with E-state index in [0.29, 0.717) is 6.61 Å². The Bertz CT molecular complexity index is 963. The van der Waals surface area contributed by atoms with Gasteiger partial charge in [-0.2, -0.15) is 0 Å². The Labute approximate surface area is 179 Å². The summed E-state index contributed by atoms with van der Waals surface area (Å²) in [5.41, 5.74) is 4.25. The zero-order chi connectivity index (χ0) is 20.2. The number of hydrogen-bond donors (Lipinski definition) is 2. The molecule has 0 unspecified atom stereocenters. The van der Waals surface area contributed by atoms with Gasteiger partial charge in [-0.1, -0.05) is 70.5 Å². The second-order valence-electron chi connectivity index (χ2n) is 7.23. The maximum Gasteiger partial charge on any atom is 0.143 e. The standard InChI is InChI=1S/C24H24BrNO3/c25-20-10-4-9-19(14-20)23(21(28)15-27)26-13-12-18-8-5-11-22(24(18)26)29-16-17-6-2-1-3-7-17/h1-11,14,21,23,27-28H,12-13,15-16H2/t21-,23-/m0/s1. The average Bonchev–Trinajstić information content (AvgIpc) is 3.17. The summed E-state index contributed by atoms with van der Waals surface area (Å²) in [4.78, 5) is 2.16. The van der Waals surface area contributed by atoms with Gasteiger partial charge in [0, 0.05) is 11.0 Å². The van der Waals surface area contributed by atoms with E-state index in [2.05, 4.69) is 26.9 Å². The first kappa shape index (κ1) is 20.0. The summed E-state index contributed by atoms with van der Waals surface area (Å²) in [6.45, 7) is 0.931. The van der Waals surface area contributed by atoms with Crippen molar-refractivity contribution < 1.29 is 14.9 Å². The van der Waals surface area contributed by atoms with Crippen LogP contribution in [0.25, 0.3) is 0 Å². The van der Waals surface area contributed by atoms with Gasteiger partial charge in [0.25, 0.3) is 0 Å². The topological polar surface area (TPSA) is 52.9 Å². The van der Waals surface area contributed by atoms with Gasteiger partial charge < -0.3 is 19.8 Å². The van der Waals surface area contributed by atoms with Crippen LogP contribution in [-0.2, 0) is 13.0 Å². The third kappa shape index (κ3) is 4.32. The summed E-state index contributed by atoms with van der Waals surface area (Å²) in [6, 6.07) is 23.7. The van der Waals surface area contributed by atoms with Gasteiger partial charge in [0.15, 0.2) is 0 Å². The fourth-order valence-electron chi connectivity index (χ4n) is 3.98. The highest BCUT2D eigenvalue weighted by Gasteiger charge is 2.34. The molecule has 29 heavy (non-hydrogen) atoms. The summed E-state index contributed by atoms with van der Waals surface area (Å²) in [5, 5.41) is 20.4. The summed E-state index contributed by atoms with van der Waals surface area (Å²) in [6.07, 6.45) is -0.0296. The van der Waals surface area contributed by atoms with Crippen molar-refractivity contribution in [1.82, 2.24) is 0 Å². The first-order valence-electron chi connectivity index (χ1n) is 9.77. The highest BCUT2D eigenvalue weighted by atomic mass is 79.9. The van der Waals surface area contributed by atoms with E-state index in [-0.39, 0.29) is 12.6 Å². The van der Waals surface area contributed by atoms with Crippen molar-refractivity contribution >= 4 is 21.6 Å². The second-order valence-corrected chi connectivity index (χ2v) is 8.15. The van der Waals surface area contributed by atoms with Crippen molar-refractivity contribution in [3.05, 3.63) is 94.0 Å². The molecule has 1 heterocycles. The van der Waals surface area contributed by atoms with Gasteiger partial charge in [0.2, 0.25) is 0 Å². The van der Waals surface area contributed by atoms with Crippen LogP contribution in [-0.4, -0.2) is 29.5 Å². The number of anilines is 1. The fourth-order valence-corrected chi connectivity index (χ4v) is 4.40. The van der Waals surface area contributed by atoms with E-state index in [4.69, 9.17) is 4.74 Å². The van der Waals surface area contributed by atoms with Crippen LogP contribution < -0.4 is 9.64 Å². The van der Waals surface area contributed by atoms with E-state index < -0.39 is 6.10 Å². The number of aliphatic hydroxyl groups excluding tert-OH is 2. The Kier molecular flexibility index (Phi) is 6.19. The van der Waals surface area contributed by atoms with Crippen LogP contribution in [0.5, 0.6) is 5.75 Å². The number of para-hydroxylation sites is 1. The van der Waals surface area contributed by atoms with Gasteiger partial charge >= 0.3 is 0 Å². The molecule has 1 aliphatic heterocycles. The zero-order valence-electron chi connectivity index (χ0n) is 16.0. The van der Waals surface area contributed by atoms with Crippen LogP contribution in [0, 0.1) is 0 Å². The molecule has 2 atom stereocenters. The van der Waals surface area contributed by atoms with Crippen LogP contribution >= 0.6 is 15.9 Å². The lowest BCUT2D eigenvalue weighted by atomic mass is 9.99. The van der Waals surface area contributed by atoms with E-state index in [1.807, 2.05) is 66.7 Å². The number of nitrogens with zero attached hydrogens (tertiary/aromatic N) is 1. The lowest BCUT2D eigenvalue weighted by molar-refractivity contribution is 0.0715. The maximum atomic E-state index is 10.7. The van der Waals surface area contributed by atoms with Gasteiger partial charge in [-0.15, -0.1) is 0 Å². The van der Waals surface area contributed by atoms with Gasteiger partial charge in [-0.25, -0.2) is 0 Å². The Hall–Kier alpha value is -2.34. The third-order valence-electron chi connectivity index (χ3n) is 5.31. The van der Waals surface area contributed by atoms with Crippen LogP contribution in [0.3, 0.4) is 0 Å². The number of ether oxygens (including phenoxy) is 1. The Morgan fingerprint density at radius 1 is 1.00 bits per heavy atom. The predicted molar refractivity (Wildman–Crippen MR) is 118 cm³/mol. The predicted octanol–water partition coefficient (Wildman–Crippen LogP) is 4.49. The molecule has 4 nitrogen and oxygen atoms in total. The smallest absolute Gasteiger partial charge is 0.143 e. The number of aliphatic hydroxyl groups is 2. The number of halogens is 1. The van der Waals surface area contributed by atoms with Crippen LogP contribution in [0.15, 0.2) is 77.3 Å². The summed E-state index contributed by atoms with van der Waals surface area (Å²) < 4.78 is 7.14. The van der Waals surface area contributed by atoms with Crippen molar-refractivity contribution in [2.45, 2.75) is 25.2 Å². The molecule has 1 aliphatic rings. The molecule has 150 valence electrons. The lowest BCUT2D eigenvalue weighted by Crippen LogP contribution is -2.37. The molecule has 2 N–H and O–H groups in total. The normalized spacial score (nSPS) is 15.1. The molecule has 4 rings (SSSR count). The molecule has 0 saturated heterocycles. The molecule has 0 aromatic heterocycles. The van der Waals surface area contributed by atoms with Crippen LogP contribution in [0.4, 0.5) is 5.69 Å². The first-order chi connectivity index (χ1) is 14.2. The van der Waals surface area contributed by atoms with E-state index in [1.165, 1.54) is 5.56 Å². The number of fused-ring (bicyclic) bond motifs is 1. The van der Waals surface area contributed by atoms with E-state index in [1.54, 1.807) is 0 Å². The minimum atomic E-state index is -0.905. The largest absolute Gasteiger partial charge is 0.487 e. The van der Waals surface area contributed by atoms with Crippen molar-refractivity contribution in [3.8, 4) is 5.75 Å². The summed E-state index contributed by atoms with van der Waals surface area (Å²) in [7, 11) is 0. The SMILES string of the molecule is OC[C@H](O)[C@H](c1cccc(Br)c1)N1CCc2cccc(OCc3ccccc3)c21. The van der Waals surface area contributed by atoms with Crippen LogP contribution in [0.2, 0.25) is 0 Å². The highest BCUT2D eigenvalue weighted by molar-refractivity contribution is 9.10. The molecular formula is C24H24BrNO3. The molecule has 0 spiro atoms. The van der Waals surface area contributed by atoms with Crippen molar-refractivity contribution in [1.29, 1.82) is 0 Å². The Morgan fingerprint density at radius 2 is 1.79 bits per heavy atom. The second kappa shape index (κ2) is 8.99.